The number of rotatable bonds is 5. The van der Waals surface area contributed by atoms with Gasteiger partial charge in [-0.1, -0.05) is 26.0 Å². The van der Waals surface area contributed by atoms with Gasteiger partial charge in [0.2, 0.25) is 11.8 Å². The largest absolute Gasteiger partial charge is 0.494 e. The number of aromatic nitrogens is 2. The van der Waals surface area contributed by atoms with E-state index in [9.17, 15) is 19.5 Å². The Balaban J connectivity index is 2.67. The molecule has 1 amide bonds. The van der Waals surface area contributed by atoms with E-state index in [0.717, 1.165) is 9.13 Å². The van der Waals surface area contributed by atoms with E-state index >= 15 is 0 Å². The van der Waals surface area contributed by atoms with E-state index < -0.39 is 17.1 Å². The predicted octanol–water partition coefficient (Wildman–Crippen LogP) is 1.67. The molecular formula is C18H22N4O4. The lowest BCUT2D eigenvalue weighted by atomic mass is 10.1. The Morgan fingerprint density at radius 1 is 1.12 bits per heavy atom. The van der Waals surface area contributed by atoms with Crippen molar-refractivity contribution in [2.24, 2.45) is 19.1 Å². The third kappa shape index (κ3) is 3.58. The van der Waals surface area contributed by atoms with Crippen LogP contribution < -0.4 is 16.6 Å². The van der Waals surface area contributed by atoms with E-state index in [0.29, 0.717) is 29.9 Å². The standard InChI is InChI=1S/C18H22N4O4/c1-5-11(15-16(24)21(3)18(26)22(4)17(15)25)19-12-9-7-8-10-13(12)20-14(23)6-2/h7-10,24H,5-6H2,1-4H3,(H,20,23). The summed E-state index contributed by atoms with van der Waals surface area (Å²) in [5.41, 5.74) is 0.00194. The maximum Gasteiger partial charge on any atom is 0.333 e. The van der Waals surface area contributed by atoms with Gasteiger partial charge in [0.1, 0.15) is 5.56 Å². The number of aliphatic imine (C=N–C) groups is 1. The molecule has 2 aromatic rings. The second-order valence-electron chi connectivity index (χ2n) is 5.74. The van der Waals surface area contributed by atoms with Crippen LogP contribution in [0.4, 0.5) is 11.4 Å². The summed E-state index contributed by atoms with van der Waals surface area (Å²) >= 11 is 0. The first kappa shape index (κ1) is 19.2. The van der Waals surface area contributed by atoms with Gasteiger partial charge >= 0.3 is 5.69 Å². The van der Waals surface area contributed by atoms with Gasteiger partial charge in [0.25, 0.3) is 5.56 Å². The van der Waals surface area contributed by atoms with Crippen molar-refractivity contribution in [2.75, 3.05) is 5.32 Å². The number of aromatic hydroxyl groups is 1. The molecule has 2 rings (SSSR count). The van der Waals surface area contributed by atoms with Crippen molar-refractivity contribution in [1.82, 2.24) is 9.13 Å². The second-order valence-corrected chi connectivity index (χ2v) is 5.74. The van der Waals surface area contributed by atoms with Crippen LogP contribution in [-0.4, -0.2) is 25.9 Å². The molecule has 0 spiro atoms. The number of hydrogen-bond acceptors (Lipinski definition) is 5. The maximum absolute atomic E-state index is 12.5. The zero-order chi connectivity index (χ0) is 19.4. The number of para-hydroxylation sites is 2. The average Bonchev–Trinajstić information content (AvgIpc) is 2.65. The molecule has 8 heteroatoms. The van der Waals surface area contributed by atoms with Gasteiger partial charge in [-0.3, -0.25) is 23.7 Å². The summed E-state index contributed by atoms with van der Waals surface area (Å²) in [6.07, 6.45) is 0.665. The molecule has 0 saturated heterocycles. The Morgan fingerprint density at radius 2 is 1.77 bits per heavy atom. The molecule has 0 aliphatic heterocycles. The van der Waals surface area contributed by atoms with Gasteiger partial charge in [-0.25, -0.2) is 4.79 Å². The molecule has 1 aromatic carbocycles. The molecule has 0 aliphatic rings. The molecule has 0 saturated carbocycles. The number of benzene rings is 1. The van der Waals surface area contributed by atoms with Crippen LogP contribution >= 0.6 is 0 Å². The van der Waals surface area contributed by atoms with E-state index in [-0.39, 0.29) is 11.5 Å². The van der Waals surface area contributed by atoms with E-state index in [1.807, 2.05) is 0 Å². The number of carbonyl (C=O) groups is 1. The Bertz CT molecular complexity index is 986. The quantitative estimate of drug-likeness (QED) is 0.793. The summed E-state index contributed by atoms with van der Waals surface area (Å²) in [5.74, 6) is -0.597. The van der Waals surface area contributed by atoms with E-state index in [4.69, 9.17) is 0 Å². The highest BCUT2D eigenvalue weighted by atomic mass is 16.3. The van der Waals surface area contributed by atoms with Crippen LogP contribution in [0, 0.1) is 0 Å². The number of hydrogen-bond donors (Lipinski definition) is 2. The summed E-state index contributed by atoms with van der Waals surface area (Å²) in [7, 11) is 2.72. The van der Waals surface area contributed by atoms with Crippen molar-refractivity contribution in [1.29, 1.82) is 0 Å². The summed E-state index contributed by atoms with van der Waals surface area (Å²) in [6.45, 7) is 3.53. The monoisotopic (exact) mass is 358 g/mol. The first-order chi connectivity index (χ1) is 12.3. The number of nitrogens with one attached hydrogen (secondary N) is 1. The second kappa shape index (κ2) is 7.81. The van der Waals surface area contributed by atoms with Gasteiger partial charge in [-0.15, -0.1) is 0 Å². The highest BCUT2D eigenvalue weighted by molar-refractivity contribution is 6.04. The Kier molecular flexibility index (Phi) is 5.76. The van der Waals surface area contributed by atoms with Gasteiger partial charge in [0.05, 0.1) is 17.1 Å². The fourth-order valence-electron chi connectivity index (χ4n) is 2.46. The molecule has 1 heterocycles. The van der Waals surface area contributed by atoms with Crippen molar-refractivity contribution in [3.8, 4) is 5.88 Å². The van der Waals surface area contributed by atoms with Crippen molar-refractivity contribution < 1.29 is 9.90 Å². The van der Waals surface area contributed by atoms with Crippen LogP contribution in [-0.2, 0) is 18.9 Å². The van der Waals surface area contributed by atoms with Gasteiger partial charge in [0, 0.05) is 20.5 Å². The summed E-state index contributed by atoms with van der Waals surface area (Å²) in [4.78, 5) is 40.6. The first-order valence-electron chi connectivity index (χ1n) is 8.27. The van der Waals surface area contributed by atoms with Crippen LogP contribution in [0.1, 0.15) is 32.3 Å². The lowest BCUT2D eigenvalue weighted by Gasteiger charge is -2.13. The number of anilines is 1. The Hall–Kier alpha value is -3.16. The molecule has 1 aromatic heterocycles. The fourth-order valence-corrected chi connectivity index (χ4v) is 2.46. The molecule has 0 aliphatic carbocycles. The summed E-state index contributed by atoms with van der Waals surface area (Å²) in [6, 6.07) is 6.92. The lowest BCUT2D eigenvalue weighted by Crippen LogP contribution is -2.40. The number of amides is 1. The molecule has 0 fully saturated rings. The molecular weight excluding hydrogens is 336 g/mol. The molecule has 2 N–H and O–H groups in total. The third-order valence-corrected chi connectivity index (χ3v) is 4.01. The highest BCUT2D eigenvalue weighted by Gasteiger charge is 2.19. The van der Waals surface area contributed by atoms with Crippen LogP contribution in [0.3, 0.4) is 0 Å². The van der Waals surface area contributed by atoms with Gasteiger partial charge in [0.15, 0.2) is 0 Å². The van der Waals surface area contributed by atoms with Gasteiger partial charge < -0.3 is 10.4 Å². The first-order valence-corrected chi connectivity index (χ1v) is 8.27. The van der Waals surface area contributed by atoms with E-state index in [1.54, 1.807) is 38.1 Å². The Morgan fingerprint density at radius 3 is 2.38 bits per heavy atom. The Labute approximate surface area is 150 Å². The van der Waals surface area contributed by atoms with Gasteiger partial charge in [-0.2, -0.15) is 0 Å². The molecule has 0 atom stereocenters. The molecule has 0 unspecified atom stereocenters. The van der Waals surface area contributed by atoms with Crippen LogP contribution in [0.2, 0.25) is 0 Å². The van der Waals surface area contributed by atoms with Gasteiger partial charge in [-0.05, 0) is 18.6 Å². The van der Waals surface area contributed by atoms with Crippen molar-refractivity contribution in [3.05, 3.63) is 50.7 Å². The number of nitrogens with zero attached hydrogens (tertiary/aromatic N) is 3. The SMILES string of the molecule is CCC(=O)Nc1ccccc1N=C(CC)c1c(O)n(C)c(=O)n(C)c1=O. The lowest BCUT2D eigenvalue weighted by molar-refractivity contribution is -0.115. The van der Waals surface area contributed by atoms with E-state index in [1.165, 1.54) is 14.1 Å². The smallest absolute Gasteiger partial charge is 0.333 e. The van der Waals surface area contributed by atoms with Crippen molar-refractivity contribution in [3.63, 3.8) is 0 Å². The zero-order valence-electron chi connectivity index (χ0n) is 15.2. The van der Waals surface area contributed by atoms with E-state index in [2.05, 4.69) is 10.3 Å². The third-order valence-electron chi connectivity index (χ3n) is 4.01. The average molecular weight is 358 g/mol. The normalized spacial score (nSPS) is 11.5. The maximum atomic E-state index is 12.5. The molecule has 26 heavy (non-hydrogen) atoms. The minimum atomic E-state index is -0.624. The minimum Gasteiger partial charge on any atom is -0.494 e. The summed E-state index contributed by atoms with van der Waals surface area (Å²) < 4.78 is 1.91. The minimum absolute atomic E-state index is 0.0336. The zero-order valence-corrected chi connectivity index (χ0v) is 15.2. The topological polar surface area (TPSA) is 106 Å². The van der Waals surface area contributed by atoms with Crippen molar-refractivity contribution >= 4 is 23.0 Å². The molecule has 8 nitrogen and oxygen atoms in total. The molecule has 138 valence electrons. The molecule has 0 radical (unpaired) electrons. The van der Waals surface area contributed by atoms with Crippen LogP contribution in [0.25, 0.3) is 0 Å². The van der Waals surface area contributed by atoms with Crippen molar-refractivity contribution in [2.45, 2.75) is 26.7 Å². The molecule has 0 bridgehead atoms. The van der Waals surface area contributed by atoms with Crippen LogP contribution in [0.5, 0.6) is 5.88 Å². The van der Waals surface area contributed by atoms with Crippen LogP contribution in [0.15, 0.2) is 38.8 Å². The predicted molar refractivity (Wildman–Crippen MR) is 100 cm³/mol. The summed E-state index contributed by atoms with van der Waals surface area (Å²) in [5, 5.41) is 13.1. The number of carbonyl (C=O) groups excluding carboxylic acids is 1. The fraction of sp³-hybridized carbons (Fsp3) is 0.333. The highest BCUT2D eigenvalue weighted by Crippen LogP contribution is 2.26.